The summed E-state index contributed by atoms with van der Waals surface area (Å²) in [6.45, 7) is 12.0. The smallest absolute Gasteiger partial charge is 0.187 e. The number of nitrogens with one attached hydrogen (secondary N) is 1. The highest BCUT2D eigenvalue weighted by atomic mass is 32.2. The number of nitrogens with zero attached hydrogens (tertiary/aromatic N) is 2. The Bertz CT molecular complexity index is 319. The monoisotopic (exact) mass is 253 g/mol. The molecule has 3 nitrogen and oxygen atoms in total. The van der Waals surface area contributed by atoms with Crippen molar-refractivity contribution in [2.45, 2.75) is 50.6 Å². The molecule has 0 saturated heterocycles. The van der Waals surface area contributed by atoms with Gasteiger partial charge in [0.05, 0.1) is 0 Å². The molecule has 0 bridgehead atoms. The molecule has 0 spiro atoms. The van der Waals surface area contributed by atoms with E-state index in [1.807, 2.05) is 6.07 Å². The van der Waals surface area contributed by atoms with Gasteiger partial charge in [0.1, 0.15) is 0 Å². The topological polar surface area (TPSA) is 37.8 Å². The van der Waals surface area contributed by atoms with Crippen LogP contribution in [0.5, 0.6) is 0 Å². The fourth-order valence-electron chi connectivity index (χ4n) is 1.30. The van der Waals surface area contributed by atoms with Crippen molar-refractivity contribution in [1.29, 1.82) is 0 Å². The third-order valence-corrected chi connectivity index (χ3v) is 3.81. The molecule has 0 saturated carbocycles. The van der Waals surface area contributed by atoms with Crippen LogP contribution in [0.15, 0.2) is 23.6 Å². The lowest BCUT2D eigenvalue weighted by Gasteiger charge is -2.26. The summed E-state index contributed by atoms with van der Waals surface area (Å²) in [5.74, 6) is 0.596. The average molecular weight is 253 g/mol. The van der Waals surface area contributed by atoms with Gasteiger partial charge in [0, 0.05) is 29.7 Å². The minimum absolute atomic E-state index is 0.158. The van der Waals surface area contributed by atoms with Gasteiger partial charge >= 0.3 is 0 Å². The number of thioether (sulfide) groups is 1. The number of rotatable bonds is 5. The van der Waals surface area contributed by atoms with Gasteiger partial charge in [-0.25, -0.2) is 9.97 Å². The largest absolute Gasteiger partial charge is 0.311 e. The van der Waals surface area contributed by atoms with Crippen molar-refractivity contribution < 1.29 is 0 Å². The standard InChI is InChI=1S/C13H23N3S/c1-10(2)11(9-16-13(3,4)5)17-12-14-7-6-8-15-12/h6-8,10-11,16H,9H2,1-5H3. The Hall–Kier alpha value is -0.610. The van der Waals surface area contributed by atoms with Crippen LogP contribution in [0.3, 0.4) is 0 Å². The lowest BCUT2D eigenvalue weighted by Crippen LogP contribution is -2.41. The minimum atomic E-state index is 0.158. The molecule has 0 aromatic carbocycles. The van der Waals surface area contributed by atoms with E-state index in [1.165, 1.54) is 0 Å². The maximum atomic E-state index is 4.27. The highest BCUT2D eigenvalue weighted by Gasteiger charge is 2.19. The zero-order valence-electron chi connectivity index (χ0n) is 11.4. The molecule has 1 unspecified atom stereocenters. The van der Waals surface area contributed by atoms with E-state index < -0.39 is 0 Å². The van der Waals surface area contributed by atoms with E-state index in [4.69, 9.17) is 0 Å². The van der Waals surface area contributed by atoms with Gasteiger partial charge < -0.3 is 5.32 Å². The summed E-state index contributed by atoms with van der Waals surface area (Å²) in [4.78, 5) is 8.54. The van der Waals surface area contributed by atoms with Crippen molar-refractivity contribution in [1.82, 2.24) is 15.3 Å². The first-order chi connectivity index (χ1) is 7.88. The molecule has 0 aliphatic heterocycles. The second kappa shape index (κ2) is 6.36. The number of aromatic nitrogens is 2. The van der Waals surface area contributed by atoms with E-state index in [9.17, 15) is 0 Å². The normalized spacial score (nSPS) is 14.0. The average Bonchev–Trinajstić information content (AvgIpc) is 2.24. The molecule has 17 heavy (non-hydrogen) atoms. The minimum Gasteiger partial charge on any atom is -0.311 e. The van der Waals surface area contributed by atoms with Gasteiger partial charge in [-0.05, 0) is 32.8 Å². The van der Waals surface area contributed by atoms with E-state index >= 15 is 0 Å². The van der Waals surface area contributed by atoms with Crippen LogP contribution >= 0.6 is 11.8 Å². The predicted octanol–water partition coefficient (Wildman–Crippen LogP) is 2.98. The molecule has 96 valence electrons. The Morgan fingerprint density at radius 3 is 2.29 bits per heavy atom. The lowest BCUT2D eigenvalue weighted by atomic mass is 10.1. The molecule has 1 rings (SSSR count). The summed E-state index contributed by atoms with van der Waals surface area (Å²) in [5.41, 5.74) is 0.158. The fourth-order valence-corrected chi connectivity index (χ4v) is 2.25. The molecule has 0 fully saturated rings. The van der Waals surface area contributed by atoms with Gasteiger partial charge in [0.2, 0.25) is 0 Å². The van der Waals surface area contributed by atoms with Crippen LogP contribution < -0.4 is 5.32 Å². The second-order valence-electron chi connectivity index (χ2n) is 5.56. The quantitative estimate of drug-likeness (QED) is 0.646. The van der Waals surface area contributed by atoms with E-state index in [0.29, 0.717) is 11.2 Å². The molecule has 1 atom stereocenters. The third-order valence-electron chi connectivity index (χ3n) is 2.38. The zero-order chi connectivity index (χ0) is 12.9. The molecular weight excluding hydrogens is 230 g/mol. The SMILES string of the molecule is CC(C)C(CNC(C)(C)C)Sc1ncccn1. The van der Waals surface area contributed by atoms with Crippen molar-refractivity contribution in [2.75, 3.05) is 6.54 Å². The summed E-state index contributed by atoms with van der Waals surface area (Å²) < 4.78 is 0. The van der Waals surface area contributed by atoms with Crippen LogP contribution in [-0.2, 0) is 0 Å². The van der Waals surface area contributed by atoms with Gasteiger partial charge in [0.15, 0.2) is 5.16 Å². The van der Waals surface area contributed by atoms with Crippen LogP contribution in [0.1, 0.15) is 34.6 Å². The van der Waals surface area contributed by atoms with Crippen molar-refractivity contribution in [3.63, 3.8) is 0 Å². The summed E-state index contributed by atoms with van der Waals surface area (Å²) in [6.07, 6.45) is 3.59. The first-order valence-electron chi connectivity index (χ1n) is 6.07. The predicted molar refractivity (Wildman–Crippen MR) is 74.3 cm³/mol. The third kappa shape index (κ3) is 6.03. The van der Waals surface area contributed by atoms with Crippen molar-refractivity contribution >= 4 is 11.8 Å². The molecule has 0 aliphatic rings. The molecule has 1 N–H and O–H groups in total. The Labute approximate surface area is 109 Å². The first-order valence-corrected chi connectivity index (χ1v) is 6.95. The summed E-state index contributed by atoms with van der Waals surface area (Å²) in [7, 11) is 0. The number of hydrogen-bond acceptors (Lipinski definition) is 4. The Kier molecular flexibility index (Phi) is 5.40. The highest BCUT2D eigenvalue weighted by Crippen LogP contribution is 2.24. The van der Waals surface area contributed by atoms with Crippen LogP contribution in [-0.4, -0.2) is 27.3 Å². The van der Waals surface area contributed by atoms with Gasteiger partial charge in [-0.1, -0.05) is 25.6 Å². The highest BCUT2D eigenvalue weighted by molar-refractivity contribution is 7.99. The summed E-state index contributed by atoms with van der Waals surface area (Å²) >= 11 is 1.75. The molecule has 4 heteroatoms. The van der Waals surface area contributed by atoms with Crippen LogP contribution in [0.4, 0.5) is 0 Å². The Balaban J connectivity index is 2.55. The first kappa shape index (κ1) is 14.5. The van der Waals surface area contributed by atoms with Crippen molar-refractivity contribution in [3.05, 3.63) is 18.5 Å². The van der Waals surface area contributed by atoms with Gasteiger partial charge in [-0.2, -0.15) is 0 Å². The molecule has 0 radical (unpaired) electrons. The summed E-state index contributed by atoms with van der Waals surface area (Å²) in [6, 6.07) is 1.85. The van der Waals surface area contributed by atoms with Gasteiger partial charge in [-0.15, -0.1) is 0 Å². The van der Waals surface area contributed by atoms with E-state index in [2.05, 4.69) is 49.9 Å². The van der Waals surface area contributed by atoms with Crippen molar-refractivity contribution in [3.8, 4) is 0 Å². The molecule has 0 aliphatic carbocycles. The molecule has 1 aromatic rings. The zero-order valence-corrected chi connectivity index (χ0v) is 12.2. The van der Waals surface area contributed by atoms with Gasteiger partial charge in [0.25, 0.3) is 0 Å². The van der Waals surface area contributed by atoms with E-state index in [0.717, 1.165) is 11.7 Å². The Morgan fingerprint density at radius 2 is 1.82 bits per heavy atom. The van der Waals surface area contributed by atoms with Crippen LogP contribution in [0.25, 0.3) is 0 Å². The lowest BCUT2D eigenvalue weighted by molar-refractivity contribution is 0.407. The van der Waals surface area contributed by atoms with E-state index in [-0.39, 0.29) is 5.54 Å². The molecule has 1 aromatic heterocycles. The molecular formula is C13H23N3S. The molecule has 1 heterocycles. The van der Waals surface area contributed by atoms with Crippen LogP contribution in [0.2, 0.25) is 0 Å². The van der Waals surface area contributed by atoms with E-state index in [1.54, 1.807) is 24.2 Å². The molecule has 0 amide bonds. The van der Waals surface area contributed by atoms with Gasteiger partial charge in [-0.3, -0.25) is 0 Å². The van der Waals surface area contributed by atoms with Crippen LogP contribution in [0, 0.1) is 5.92 Å². The maximum Gasteiger partial charge on any atom is 0.187 e. The number of hydrogen-bond donors (Lipinski definition) is 1. The Morgan fingerprint density at radius 1 is 1.24 bits per heavy atom. The van der Waals surface area contributed by atoms with Crippen molar-refractivity contribution in [2.24, 2.45) is 5.92 Å². The maximum absolute atomic E-state index is 4.27. The second-order valence-corrected chi connectivity index (χ2v) is 6.77. The fraction of sp³-hybridized carbons (Fsp3) is 0.692. The summed E-state index contributed by atoms with van der Waals surface area (Å²) in [5, 5.41) is 4.91.